The van der Waals surface area contributed by atoms with Gasteiger partial charge in [0.25, 0.3) is 0 Å². The topological polar surface area (TPSA) is 54.0 Å². The van der Waals surface area contributed by atoms with Gasteiger partial charge in [0.2, 0.25) is 5.91 Å². The third-order valence-corrected chi connectivity index (χ3v) is 2.61. The van der Waals surface area contributed by atoms with Gasteiger partial charge in [0, 0.05) is 5.69 Å². The standard InChI is InChI=1S/C12H17N3O/c1-9-2-5-11(7-14-9)15-12(16)8-13-6-10-3-4-10/h2,5,7,10,13H,3-4,6,8H2,1H3,(H,15,16). The van der Waals surface area contributed by atoms with E-state index in [2.05, 4.69) is 15.6 Å². The molecule has 1 aromatic heterocycles. The lowest BCUT2D eigenvalue weighted by Crippen LogP contribution is -2.29. The van der Waals surface area contributed by atoms with Crippen molar-refractivity contribution in [2.75, 3.05) is 18.4 Å². The number of anilines is 1. The summed E-state index contributed by atoms with van der Waals surface area (Å²) in [6, 6.07) is 3.74. The van der Waals surface area contributed by atoms with Gasteiger partial charge >= 0.3 is 0 Å². The summed E-state index contributed by atoms with van der Waals surface area (Å²) in [5, 5.41) is 5.95. The van der Waals surface area contributed by atoms with Gasteiger partial charge in [-0.25, -0.2) is 0 Å². The van der Waals surface area contributed by atoms with Crippen molar-refractivity contribution < 1.29 is 4.79 Å². The molecule has 1 fully saturated rings. The monoisotopic (exact) mass is 219 g/mol. The molecule has 1 aliphatic carbocycles. The number of carbonyl (C=O) groups is 1. The van der Waals surface area contributed by atoms with Crippen LogP contribution in [0.15, 0.2) is 18.3 Å². The number of nitrogens with zero attached hydrogens (tertiary/aromatic N) is 1. The summed E-state index contributed by atoms with van der Waals surface area (Å²) in [4.78, 5) is 15.6. The fraction of sp³-hybridized carbons (Fsp3) is 0.500. The minimum Gasteiger partial charge on any atom is -0.324 e. The first kappa shape index (κ1) is 11.1. The van der Waals surface area contributed by atoms with E-state index in [1.807, 2.05) is 19.1 Å². The number of aromatic nitrogens is 1. The largest absolute Gasteiger partial charge is 0.324 e. The Morgan fingerprint density at radius 3 is 2.94 bits per heavy atom. The molecule has 86 valence electrons. The molecule has 2 rings (SSSR count). The first-order valence-corrected chi connectivity index (χ1v) is 5.67. The molecule has 1 aromatic rings. The zero-order chi connectivity index (χ0) is 11.4. The number of aryl methyl sites for hydroxylation is 1. The molecule has 4 heteroatoms. The minimum atomic E-state index is -0.00805. The van der Waals surface area contributed by atoms with Crippen LogP contribution in [0.5, 0.6) is 0 Å². The Bertz CT molecular complexity index is 357. The van der Waals surface area contributed by atoms with Gasteiger partial charge in [-0.2, -0.15) is 0 Å². The van der Waals surface area contributed by atoms with Gasteiger partial charge in [-0.05, 0) is 44.4 Å². The zero-order valence-corrected chi connectivity index (χ0v) is 9.49. The number of nitrogens with one attached hydrogen (secondary N) is 2. The molecule has 16 heavy (non-hydrogen) atoms. The van der Waals surface area contributed by atoms with Crippen LogP contribution in [0.25, 0.3) is 0 Å². The number of pyridine rings is 1. The number of amides is 1. The Hall–Kier alpha value is -1.42. The average Bonchev–Trinajstić information content (AvgIpc) is 3.05. The Balaban J connectivity index is 1.70. The highest BCUT2D eigenvalue weighted by atomic mass is 16.1. The molecule has 0 atom stereocenters. The molecule has 0 unspecified atom stereocenters. The predicted octanol–water partition coefficient (Wildman–Crippen LogP) is 1.33. The van der Waals surface area contributed by atoms with Crippen LogP contribution in [0.2, 0.25) is 0 Å². The molecule has 4 nitrogen and oxygen atoms in total. The van der Waals surface area contributed by atoms with E-state index in [1.165, 1.54) is 12.8 Å². The van der Waals surface area contributed by atoms with Gasteiger partial charge in [0.1, 0.15) is 0 Å². The molecule has 0 aliphatic heterocycles. The third kappa shape index (κ3) is 3.62. The van der Waals surface area contributed by atoms with Gasteiger partial charge in [-0.15, -0.1) is 0 Å². The van der Waals surface area contributed by atoms with Crippen LogP contribution in [0.1, 0.15) is 18.5 Å². The van der Waals surface area contributed by atoms with E-state index in [4.69, 9.17) is 0 Å². The summed E-state index contributed by atoms with van der Waals surface area (Å²) in [6.45, 7) is 3.26. The minimum absolute atomic E-state index is 0.00805. The highest BCUT2D eigenvalue weighted by Gasteiger charge is 2.20. The van der Waals surface area contributed by atoms with Crippen LogP contribution in [0.4, 0.5) is 5.69 Å². The first-order chi connectivity index (χ1) is 7.74. The highest BCUT2D eigenvalue weighted by molar-refractivity contribution is 5.92. The maximum absolute atomic E-state index is 11.5. The Labute approximate surface area is 95.5 Å². The molecular weight excluding hydrogens is 202 g/mol. The lowest BCUT2D eigenvalue weighted by molar-refractivity contribution is -0.115. The molecule has 2 N–H and O–H groups in total. The molecule has 0 radical (unpaired) electrons. The molecule has 0 aromatic carbocycles. The smallest absolute Gasteiger partial charge is 0.238 e. The Kier molecular flexibility index (Phi) is 3.51. The molecule has 0 spiro atoms. The summed E-state index contributed by atoms with van der Waals surface area (Å²) < 4.78 is 0. The predicted molar refractivity (Wildman–Crippen MR) is 63.2 cm³/mol. The van der Waals surface area contributed by atoms with E-state index in [-0.39, 0.29) is 5.91 Å². The van der Waals surface area contributed by atoms with Crippen molar-refractivity contribution in [1.29, 1.82) is 0 Å². The van der Waals surface area contributed by atoms with Crippen LogP contribution in [-0.4, -0.2) is 24.0 Å². The summed E-state index contributed by atoms with van der Waals surface area (Å²) in [7, 11) is 0. The third-order valence-electron chi connectivity index (χ3n) is 2.61. The summed E-state index contributed by atoms with van der Waals surface area (Å²) >= 11 is 0. The van der Waals surface area contributed by atoms with Crippen molar-refractivity contribution in [1.82, 2.24) is 10.3 Å². The Morgan fingerprint density at radius 1 is 1.50 bits per heavy atom. The van der Waals surface area contributed by atoms with Gasteiger partial charge in [-0.3, -0.25) is 9.78 Å². The highest BCUT2D eigenvalue weighted by Crippen LogP contribution is 2.27. The fourth-order valence-electron chi connectivity index (χ4n) is 1.46. The quantitative estimate of drug-likeness (QED) is 0.785. The van der Waals surface area contributed by atoms with Crippen molar-refractivity contribution in [2.45, 2.75) is 19.8 Å². The lowest BCUT2D eigenvalue weighted by Gasteiger charge is -2.05. The second-order valence-electron chi connectivity index (χ2n) is 4.31. The van der Waals surface area contributed by atoms with E-state index < -0.39 is 0 Å². The van der Waals surface area contributed by atoms with E-state index in [0.29, 0.717) is 6.54 Å². The average molecular weight is 219 g/mol. The maximum atomic E-state index is 11.5. The van der Waals surface area contributed by atoms with E-state index in [1.54, 1.807) is 6.20 Å². The first-order valence-electron chi connectivity index (χ1n) is 5.67. The van der Waals surface area contributed by atoms with Crippen molar-refractivity contribution >= 4 is 11.6 Å². The number of carbonyl (C=O) groups excluding carboxylic acids is 1. The SMILES string of the molecule is Cc1ccc(NC(=O)CNCC2CC2)cn1. The number of hydrogen-bond acceptors (Lipinski definition) is 3. The number of rotatable bonds is 5. The zero-order valence-electron chi connectivity index (χ0n) is 9.49. The Morgan fingerprint density at radius 2 is 2.31 bits per heavy atom. The second-order valence-corrected chi connectivity index (χ2v) is 4.31. The van der Waals surface area contributed by atoms with Crippen LogP contribution in [0.3, 0.4) is 0 Å². The van der Waals surface area contributed by atoms with Gasteiger partial charge in [0.05, 0.1) is 18.4 Å². The van der Waals surface area contributed by atoms with Crippen molar-refractivity contribution in [3.8, 4) is 0 Å². The summed E-state index contributed by atoms with van der Waals surface area (Å²) in [5.74, 6) is 0.792. The normalized spacial score (nSPS) is 14.8. The molecule has 0 bridgehead atoms. The second kappa shape index (κ2) is 5.07. The van der Waals surface area contributed by atoms with Crippen molar-refractivity contribution in [3.05, 3.63) is 24.0 Å². The van der Waals surface area contributed by atoms with Crippen LogP contribution in [-0.2, 0) is 4.79 Å². The summed E-state index contributed by atoms with van der Waals surface area (Å²) in [5.41, 5.74) is 1.70. The maximum Gasteiger partial charge on any atom is 0.238 e. The van der Waals surface area contributed by atoms with Crippen molar-refractivity contribution in [2.24, 2.45) is 5.92 Å². The summed E-state index contributed by atoms with van der Waals surface area (Å²) in [6.07, 6.45) is 4.28. The molecule has 0 saturated heterocycles. The van der Waals surface area contributed by atoms with Crippen LogP contribution in [0, 0.1) is 12.8 Å². The molecular formula is C12H17N3O. The van der Waals surface area contributed by atoms with Crippen LogP contribution < -0.4 is 10.6 Å². The number of hydrogen-bond donors (Lipinski definition) is 2. The fourth-order valence-corrected chi connectivity index (χ4v) is 1.46. The van der Waals surface area contributed by atoms with Crippen molar-refractivity contribution in [3.63, 3.8) is 0 Å². The van der Waals surface area contributed by atoms with E-state index in [9.17, 15) is 4.79 Å². The lowest BCUT2D eigenvalue weighted by atomic mass is 10.3. The van der Waals surface area contributed by atoms with E-state index in [0.717, 1.165) is 23.8 Å². The van der Waals surface area contributed by atoms with Crippen LogP contribution >= 0.6 is 0 Å². The molecule has 1 heterocycles. The molecule has 1 amide bonds. The van der Waals surface area contributed by atoms with Gasteiger partial charge in [-0.1, -0.05) is 0 Å². The molecule has 1 saturated carbocycles. The van der Waals surface area contributed by atoms with Gasteiger partial charge < -0.3 is 10.6 Å². The van der Waals surface area contributed by atoms with Gasteiger partial charge in [0.15, 0.2) is 0 Å². The molecule has 1 aliphatic rings. The van der Waals surface area contributed by atoms with E-state index >= 15 is 0 Å².